The fourth-order valence-corrected chi connectivity index (χ4v) is 1.81. The molecule has 0 unspecified atom stereocenters. The van der Waals surface area contributed by atoms with E-state index in [4.69, 9.17) is 0 Å². The fourth-order valence-electron chi connectivity index (χ4n) is 1.81. The van der Waals surface area contributed by atoms with Crippen LogP contribution in [0.1, 0.15) is 27.0 Å². The van der Waals surface area contributed by atoms with Crippen LogP contribution in [0.15, 0.2) is 42.5 Å². The highest BCUT2D eigenvalue weighted by Crippen LogP contribution is 2.29. The summed E-state index contributed by atoms with van der Waals surface area (Å²) in [6.45, 7) is 0. The van der Waals surface area contributed by atoms with Crippen LogP contribution in [0.5, 0.6) is 0 Å². The van der Waals surface area contributed by atoms with Crippen LogP contribution in [-0.2, 0) is 6.18 Å². The molecule has 0 aliphatic carbocycles. The van der Waals surface area contributed by atoms with Crippen LogP contribution in [0.3, 0.4) is 0 Å². The molecule has 108 valence electrons. The molecule has 5 heteroatoms. The number of hydrogen-bond acceptors (Lipinski definition) is 1. The molecular weight excluding hydrogens is 284 g/mol. The highest BCUT2D eigenvalue weighted by molar-refractivity contribution is 5.78. The number of rotatable bonds is 3. The molecule has 0 amide bonds. The van der Waals surface area contributed by atoms with Crippen LogP contribution in [0, 0.1) is 5.82 Å². The van der Waals surface area contributed by atoms with Crippen LogP contribution in [0.2, 0.25) is 0 Å². The highest BCUT2D eigenvalue weighted by atomic mass is 19.4. The van der Waals surface area contributed by atoms with Gasteiger partial charge in [-0.3, -0.25) is 4.79 Å². The molecule has 0 bridgehead atoms. The Hall–Kier alpha value is -2.43. The Balaban J connectivity index is 2.29. The molecule has 0 spiro atoms. The molecule has 2 aromatic rings. The number of hydrogen-bond donors (Lipinski definition) is 0. The van der Waals surface area contributed by atoms with Crippen molar-refractivity contribution in [3.8, 4) is 0 Å². The van der Waals surface area contributed by atoms with Crippen molar-refractivity contribution in [3.63, 3.8) is 0 Å². The zero-order chi connectivity index (χ0) is 15.5. The molecule has 0 radical (unpaired) electrons. The van der Waals surface area contributed by atoms with E-state index >= 15 is 0 Å². The molecule has 2 aromatic carbocycles. The van der Waals surface area contributed by atoms with Crippen molar-refractivity contribution in [3.05, 3.63) is 70.5 Å². The Bertz CT molecular complexity index is 687. The van der Waals surface area contributed by atoms with Crippen molar-refractivity contribution in [2.75, 3.05) is 0 Å². The minimum absolute atomic E-state index is 0.165. The van der Waals surface area contributed by atoms with E-state index in [1.165, 1.54) is 36.4 Å². The third-order valence-corrected chi connectivity index (χ3v) is 2.76. The van der Waals surface area contributed by atoms with Crippen molar-refractivity contribution in [1.82, 2.24) is 0 Å². The number of alkyl halides is 3. The lowest BCUT2D eigenvalue weighted by atomic mass is 10.1. The van der Waals surface area contributed by atoms with Gasteiger partial charge >= 0.3 is 6.18 Å². The van der Waals surface area contributed by atoms with Gasteiger partial charge < -0.3 is 0 Å². The van der Waals surface area contributed by atoms with E-state index in [9.17, 15) is 22.4 Å². The number of halogens is 4. The van der Waals surface area contributed by atoms with Crippen LogP contribution in [0.25, 0.3) is 12.2 Å². The molecule has 1 nitrogen and oxygen atoms in total. The Labute approximate surface area is 118 Å². The van der Waals surface area contributed by atoms with Gasteiger partial charge in [-0.1, -0.05) is 24.3 Å². The second kappa shape index (κ2) is 5.91. The average Bonchev–Trinajstić information content (AvgIpc) is 2.44. The van der Waals surface area contributed by atoms with Gasteiger partial charge in [0.05, 0.1) is 5.56 Å². The van der Waals surface area contributed by atoms with Crippen molar-refractivity contribution in [2.24, 2.45) is 0 Å². The third-order valence-electron chi connectivity index (χ3n) is 2.76. The maximum absolute atomic E-state index is 13.2. The van der Waals surface area contributed by atoms with E-state index in [0.717, 1.165) is 18.2 Å². The molecule has 0 aliphatic rings. The monoisotopic (exact) mass is 294 g/mol. The molecule has 2 rings (SSSR count). The Morgan fingerprint density at radius 1 is 0.857 bits per heavy atom. The van der Waals surface area contributed by atoms with Gasteiger partial charge in [-0.2, -0.15) is 13.2 Å². The maximum Gasteiger partial charge on any atom is 0.416 e. The van der Waals surface area contributed by atoms with Crippen LogP contribution < -0.4 is 0 Å². The average molecular weight is 294 g/mol. The minimum Gasteiger partial charge on any atom is -0.298 e. The van der Waals surface area contributed by atoms with Crippen molar-refractivity contribution in [2.45, 2.75) is 6.18 Å². The standard InChI is InChI=1S/C16H10F4O/c17-15-8-12(6-13(9-15)10-21)5-4-11-2-1-3-14(7-11)16(18,19)20/h1-10H/b5-4+. The molecule has 0 aromatic heterocycles. The van der Waals surface area contributed by atoms with Gasteiger partial charge in [0, 0.05) is 5.56 Å². The highest BCUT2D eigenvalue weighted by Gasteiger charge is 2.30. The first-order chi connectivity index (χ1) is 9.88. The first-order valence-electron chi connectivity index (χ1n) is 5.99. The fraction of sp³-hybridized carbons (Fsp3) is 0.0625. The zero-order valence-electron chi connectivity index (χ0n) is 10.7. The molecule has 21 heavy (non-hydrogen) atoms. The van der Waals surface area contributed by atoms with Crippen molar-refractivity contribution >= 4 is 18.4 Å². The molecule has 0 saturated carbocycles. The van der Waals surface area contributed by atoms with Crippen LogP contribution in [0.4, 0.5) is 17.6 Å². The molecule has 0 aliphatic heterocycles. The van der Waals surface area contributed by atoms with Gasteiger partial charge in [-0.15, -0.1) is 0 Å². The van der Waals surface area contributed by atoms with Gasteiger partial charge in [0.1, 0.15) is 12.1 Å². The molecule has 0 N–H and O–H groups in total. The van der Waals surface area contributed by atoms with Gasteiger partial charge in [0.15, 0.2) is 0 Å². The smallest absolute Gasteiger partial charge is 0.298 e. The number of carbonyl (C=O) groups is 1. The van der Waals surface area contributed by atoms with Crippen LogP contribution >= 0.6 is 0 Å². The Kier molecular flexibility index (Phi) is 4.21. The summed E-state index contributed by atoms with van der Waals surface area (Å²) in [5, 5.41) is 0. The normalized spacial score (nSPS) is 11.8. The molecule has 0 fully saturated rings. The first kappa shape index (κ1) is 15.0. The lowest BCUT2D eigenvalue weighted by Gasteiger charge is -2.06. The zero-order valence-corrected chi connectivity index (χ0v) is 10.7. The van der Waals surface area contributed by atoms with Gasteiger partial charge in [0.25, 0.3) is 0 Å². The molecule has 0 heterocycles. The lowest BCUT2D eigenvalue weighted by molar-refractivity contribution is -0.137. The lowest BCUT2D eigenvalue weighted by Crippen LogP contribution is -2.04. The van der Waals surface area contributed by atoms with Gasteiger partial charge in [-0.05, 0) is 41.5 Å². The Morgan fingerprint density at radius 2 is 1.52 bits per heavy atom. The van der Waals surface area contributed by atoms with E-state index in [0.29, 0.717) is 17.4 Å². The SMILES string of the molecule is O=Cc1cc(F)cc(/C=C/c2cccc(C(F)(F)F)c2)c1. The number of carbonyl (C=O) groups excluding carboxylic acids is 1. The predicted molar refractivity (Wildman–Crippen MR) is 72.2 cm³/mol. The maximum atomic E-state index is 13.2. The van der Waals surface area contributed by atoms with Gasteiger partial charge in [0.2, 0.25) is 0 Å². The largest absolute Gasteiger partial charge is 0.416 e. The second-order valence-electron chi connectivity index (χ2n) is 4.39. The summed E-state index contributed by atoms with van der Waals surface area (Å²) < 4.78 is 50.9. The third kappa shape index (κ3) is 4.02. The van der Waals surface area contributed by atoms with Crippen LogP contribution in [-0.4, -0.2) is 6.29 Å². The van der Waals surface area contributed by atoms with E-state index < -0.39 is 17.6 Å². The number of aldehydes is 1. The van der Waals surface area contributed by atoms with Crippen molar-refractivity contribution in [1.29, 1.82) is 0 Å². The second-order valence-corrected chi connectivity index (χ2v) is 4.39. The topological polar surface area (TPSA) is 17.1 Å². The van der Waals surface area contributed by atoms with E-state index in [2.05, 4.69) is 0 Å². The predicted octanol–water partition coefficient (Wildman–Crippen LogP) is 4.83. The summed E-state index contributed by atoms with van der Waals surface area (Å²) in [4.78, 5) is 10.6. The van der Waals surface area contributed by atoms with E-state index in [-0.39, 0.29) is 5.56 Å². The first-order valence-corrected chi connectivity index (χ1v) is 5.99. The molecule has 0 atom stereocenters. The van der Waals surface area contributed by atoms with E-state index in [1.54, 1.807) is 0 Å². The Morgan fingerprint density at radius 3 is 2.19 bits per heavy atom. The summed E-state index contributed by atoms with van der Waals surface area (Å²) >= 11 is 0. The van der Waals surface area contributed by atoms with E-state index in [1.807, 2.05) is 0 Å². The molecule has 0 saturated heterocycles. The van der Waals surface area contributed by atoms with Crippen molar-refractivity contribution < 1.29 is 22.4 Å². The summed E-state index contributed by atoms with van der Waals surface area (Å²) in [5.74, 6) is -0.580. The summed E-state index contributed by atoms with van der Waals surface area (Å²) in [6.07, 6.45) is -1.03. The molecular formula is C16H10F4O. The van der Waals surface area contributed by atoms with Gasteiger partial charge in [-0.25, -0.2) is 4.39 Å². The summed E-state index contributed by atoms with van der Waals surface area (Å²) in [7, 11) is 0. The quantitative estimate of drug-likeness (QED) is 0.450. The summed E-state index contributed by atoms with van der Waals surface area (Å²) in [5.41, 5.74) is 0.146. The summed E-state index contributed by atoms with van der Waals surface area (Å²) in [6, 6.07) is 8.49. The number of benzene rings is 2. The minimum atomic E-state index is -4.41.